The van der Waals surface area contributed by atoms with E-state index in [1.54, 1.807) is 12.3 Å². The average Bonchev–Trinajstić information content (AvgIpc) is 2.46. The highest BCUT2D eigenvalue weighted by Crippen LogP contribution is 2.39. The molecule has 1 aliphatic carbocycles. The molecule has 2 atom stereocenters. The van der Waals surface area contributed by atoms with Crippen LogP contribution in [-0.2, 0) is 0 Å². The summed E-state index contributed by atoms with van der Waals surface area (Å²) in [4.78, 5) is 21.2. The van der Waals surface area contributed by atoms with Gasteiger partial charge in [-0.05, 0) is 30.4 Å². The molecule has 1 aromatic heterocycles. The summed E-state index contributed by atoms with van der Waals surface area (Å²) in [6.07, 6.45) is 6.30. The van der Waals surface area contributed by atoms with Crippen molar-refractivity contribution in [2.24, 2.45) is 16.6 Å². The summed E-state index contributed by atoms with van der Waals surface area (Å²) in [6.45, 7) is -0.237. The smallest absolute Gasteiger partial charge is 0.226 e. The first-order valence-electron chi connectivity index (χ1n) is 7.53. The zero-order valence-corrected chi connectivity index (χ0v) is 12.0. The molecule has 2 unspecified atom stereocenters. The molecule has 2 aliphatic heterocycles. The Morgan fingerprint density at radius 1 is 1.41 bits per heavy atom. The number of nitrogens with zero attached hydrogens (tertiary/aromatic N) is 2. The first-order valence-corrected chi connectivity index (χ1v) is 7.53. The van der Waals surface area contributed by atoms with Crippen LogP contribution in [0.15, 0.2) is 28.9 Å². The highest BCUT2D eigenvalue weighted by atomic mass is 16.5. The number of aliphatic hydroxyl groups is 1. The van der Waals surface area contributed by atoms with E-state index in [9.17, 15) is 9.90 Å². The highest BCUT2D eigenvalue weighted by Gasteiger charge is 2.39. The third-order valence-electron chi connectivity index (χ3n) is 4.70. The van der Waals surface area contributed by atoms with Crippen molar-refractivity contribution in [1.29, 1.82) is 0 Å². The SMILES string of the molecule is NC1=NC2Oc3ncc(C4CCC4)cc3C(=O)C2C=C1CO. The van der Waals surface area contributed by atoms with E-state index in [1.807, 2.05) is 6.07 Å². The molecule has 6 heteroatoms. The van der Waals surface area contributed by atoms with E-state index in [0.29, 0.717) is 22.9 Å². The number of pyridine rings is 1. The number of ether oxygens (including phenoxy) is 1. The van der Waals surface area contributed by atoms with Gasteiger partial charge in [0, 0.05) is 11.8 Å². The van der Waals surface area contributed by atoms with Crippen molar-refractivity contribution in [1.82, 2.24) is 4.98 Å². The van der Waals surface area contributed by atoms with Crippen molar-refractivity contribution in [2.45, 2.75) is 31.4 Å². The van der Waals surface area contributed by atoms with Gasteiger partial charge >= 0.3 is 0 Å². The summed E-state index contributed by atoms with van der Waals surface area (Å²) < 4.78 is 5.73. The lowest BCUT2D eigenvalue weighted by Crippen LogP contribution is -2.41. The Labute approximate surface area is 127 Å². The molecule has 114 valence electrons. The zero-order valence-electron chi connectivity index (χ0n) is 12.0. The largest absolute Gasteiger partial charge is 0.450 e. The van der Waals surface area contributed by atoms with Gasteiger partial charge in [-0.1, -0.05) is 12.5 Å². The maximum Gasteiger partial charge on any atom is 0.226 e. The number of carbonyl (C=O) groups excluding carboxylic acids is 1. The molecular weight excluding hydrogens is 282 g/mol. The van der Waals surface area contributed by atoms with E-state index in [4.69, 9.17) is 10.5 Å². The Morgan fingerprint density at radius 2 is 2.23 bits per heavy atom. The second kappa shape index (κ2) is 4.91. The van der Waals surface area contributed by atoms with Crippen LogP contribution in [0.1, 0.15) is 41.1 Å². The number of fused-ring (bicyclic) bond motifs is 2. The third-order valence-corrected chi connectivity index (χ3v) is 4.70. The number of carbonyl (C=O) groups is 1. The number of Topliss-reactive ketones (excluding diaryl/α,β-unsaturated/α-hetero) is 1. The summed E-state index contributed by atoms with van der Waals surface area (Å²) in [5, 5.41) is 9.30. The maximum absolute atomic E-state index is 12.7. The lowest BCUT2D eigenvalue weighted by molar-refractivity contribution is 0.0735. The Hall–Kier alpha value is -2.21. The van der Waals surface area contributed by atoms with Crippen molar-refractivity contribution < 1.29 is 14.6 Å². The molecule has 0 saturated heterocycles. The van der Waals surface area contributed by atoms with Gasteiger partial charge in [-0.15, -0.1) is 0 Å². The fourth-order valence-corrected chi connectivity index (χ4v) is 3.12. The van der Waals surface area contributed by atoms with E-state index in [0.717, 1.165) is 18.4 Å². The number of aliphatic imine (C=N–C) groups is 1. The van der Waals surface area contributed by atoms with Crippen LogP contribution in [0.2, 0.25) is 0 Å². The van der Waals surface area contributed by atoms with Gasteiger partial charge in [-0.25, -0.2) is 9.98 Å². The van der Waals surface area contributed by atoms with E-state index in [1.165, 1.54) is 6.42 Å². The van der Waals surface area contributed by atoms with Gasteiger partial charge in [0.15, 0.2) is 5.78 Å². The van der Waals surface area contributed by atoms with Crippen LogP contribution in [0.3, 0.4) is 0 Å². The highest BCUT2D eigenvalue weighted by molar-refractivity contribution is 6.05. The summed E-state index contributed by atoms with van der Waals surface area (Å²) in [7, 11) is 0. The van der Waals surface area contributed by atoms with Crippen LogP contribution < -0.4 is 10.5 Å². The van der Waals surface area contributed by atoms with Gasteiger partial charge in [-0.2, -0.15) is 0 Å². The number of ketones is 1. The molecule has 4 rings (SSSR count). The maximum atomic E-state index is 12.7. The molecule has 6 nitrogen and oxygen atoms in total. The van der Waals surface area contributed by atoms with Crippen molar-refractivity contribution >= 4 is 11.6 Å². The molecule has 1 aromatic rings. The predicted octanol–water partition coefficient (Wildman–Crippen LogP) is 1.16. The Bertz CT molecular complexity index is 707. The molecule has 0 spiro atoms. The number of hydrogen-bond donors (Lipinski definition) is 2. The van der Waals surface area contributed by atoms with Crippen LogP contribution in [-0.4, -0.2) is 34.5 Å². The minimum atomic E-state index is -0.683. The van der Waals surface area contributed by atoms with E-state index in [-0.39, 0.29) is 18.2 Å². The van der Waals surface area contributed by atoms with Gasteiger partial charge in [0.25, 0.3) is 0 Å². The molecule has 0 amide bonds. The second-order valence-electron chi connectivity index (χ2n) is 6.01. The van der Waals surface area contributed by atoms with E-state index in [2.05, 4.69) is 9.98 Å². The number of rotatable bonds is 2. The minimum absolute atomic E-state index is 0.0675. The quantitative estimate of drug-likeness (QED) is 0.854. The van der Waals surface area contributed by atoms with Gasteiger partial charge < -0.3 is 15.6 Å². The van der Waals surface area contributed by atoms with Crippen LogP contribution in [0.4, 0.5) is 0 Å². The van der Waals surface area contributed by atoms with Gasteiger partial charge in [0.05, 0.1) is 18.1 Å². The Kier molecular flexibility index (Phi) is 3.00. The van der Waals surface area contributed by atoms with Gasteiger partial charge in [0.2, 0.25) is 12.1 Å². The number of hydrogen-bond acceptors (Lipinski definition) is 6. The molecule has 0 bridgehead atoms. The summed E-state index contributed by atoms with van der Waals surface area (Å²) in [6, 6.07) is 1.90. The normalized spacial score (nSPS) is 27.0. The van der Waals surface area contributed by atoms with Crippen molar-refractivity contribution in [3.63, 3.8) is 0 Å². The van der Waals surface area contributed by atoms with Crippen LogP contribution in [0.25, 0.3) is 0 Å². The van der Waals surface area contributed by atoms with Crippen molar-refractivity contribution in [3.05, 3.63) is 35.0 Å². The molecule has 1 saturated carbocycles. The fraction of sp³-hybridized carbons (Fsp3) is 0.438. The molecule has 3 aliphatic rings. The van der Waals surface area contributed by atoms with Crippen LogP contribution >= 0.6 is 0 Å². The molecule has 1 fully saturated rings. The summed E-state index contributed by atoms with van der Waals surface area (Å²) >= 11 is 0. The molecule has 3 heterocycles. The predicted molar refractivity (Wildman–Crippen MR) is 79.9 cm³/mol. The minimum Gasteiger partial charge on any atom is -0.450 e. The monoisotopic (exact) mass is 299 g/mol. The van der Waals surface area contributed by atoms with Crippen molar-refractivity contribution in [2.75, 3.05) is 6.61 Å². The Morgan fingerprint density at radius 3 is 2.91 bits per heavy atom. The van der Waals surface area contributed by atoms with Crippen LogP contribution in [0, 0.1) is 5.92 Å². The summed E-state index contributed by atoms with van der Waals surface area (Å²) in [5.74, 6) is 0.437. The summed E-state index contributed by atoms with van der Waals surface area (Å²) in [5.41, 5.74) is 7.85. The first-order chi connectivity index (χ1) is 10.7. The third kappa shape index (κ3) is 1.94. The lowest BCUT2D eigenvalue weighted by atomic mass is 9.79. The number of aliphatic hydroxyl groups excluding tert-OH is 1. The molecule has 0 radical (unpaired) electrons. The molecule has 0 aromatic carbocycles. The molecular formula is C16H17N3O3. The molecule has 22 heavy (non-hydrogen) atoms. The average molecular weight is 299 g/mol. The van der Waals surface area contributed by atoms with Gasteiger partial charge in [-0.3, -0.25) is 4.79 Å². The number of nitrogens with two attached hydrogens (primary N) is 1. The molecule has 3 N–H and O–H groups in total. The number of dihydropyridines is 1. The second-order valence-corrected chi connectivity index (χ2v) is 6.01. The number of aromatic nitrogens is 1. The topological polar surface area (TPSA) is 97.8 Å². The van der Waals surface area contributed by atoms with E-state index >= 15 is 0 Å². The fourth-order valence-electron chi connectivity index (χ4n) is 3.12. The standard InChI is InChI=1S/C16H17N3O3/c17-14-10(7-20)5-12-13(21)11-4-9(8-2-1-3-8)6-18-15(11)22-16(12)19-14/h4-6,8,12,16,20H,1-3,7H2,(H2,17,19). The first kappa shape index (κ1) is 13.5. The van der Waals surface area contributed by atoms with Crippen LogP contribution in [0.5, 0.6) is 5.88 Å². The van der Waals surface area contributed by atoms with E-state index < -0.39 is 12.1 Å². The number of amidine groups is 1. The van der Waals surface area contributed by atoms with Crippen molar-refractivity contribution in [3.8, 4) is 5.88 Å². The lowest BCUT2D eigenvalue weighted by Gasteiger charge is -2.32. The zero-order chi connectivity index (χ0) is 15.3. The van der Waals surface area contributed by atoms with Gasteiger partial charge in [0.1, 0.15) is 5.84 Å². The Balaban J connectivity index is 1.72.